The maximum Gasteiger partial charge on any atom is 0.245 e. The van der Waals surface area contributed by atoms with Crippen molar-refractivity contribution in [1.29, 1.82) is 0 Å². The lowest BCUT2D eigenvalue weighted by molar-refractivity contribution is 0.443. The largest absolute Gasteiger partial charge is 0.323 e. The number of nitrogens with one attached hydrogen (secondary N) is 1. The van der Waals surface area contributed by atoms with Crippen molar-refractivity contribution < 1.29 is 16.8 Å². The molecule has 0 unspecified atom stereocenters. The van der Waals surface area contributed by atoms with E-state index in [1.54, 1.807) is 11.8 Å². The number of thioether (sulfide) groups is 1. The van der Waals surface area contributed by atoms with Crippen molar-refractivity contribution in [3.8, 4) is 0 Å². The van der Waals surface area contributed by atoms with E-state index >= 15 is 0 Å². The van der Waals surface area contributed by atoms with E-state index < -0.39 is 19.9 Å². The average Bonchev–Trinajstić information content (AvgIpc) is 2.46. The van der Waals surface area contributed by atoms with E-state index in [-0.39, 0.29) is 15.5 Å². The van der Waals surface area contributed by atoms with Crippen LogP contribution >= 0.6 is 11.8 Å². The molecule has 0 bridgehead atoms. The van der Waals surface area contributed by atoms with Crippen LogP contribution in [0.5, 0.6) is 0 Å². The van der Waals surface area contributed by atoms with E-state index in [4.69, 9.17) is 5.84 Å². The Balaban J connectivity index is 2.54. The van der Waals surface area contributed by atoms with Gasteiger partial charge in [-0.3, -0.25) is 5.84 Å². The summed E-state index contributed by atoms with van der Waals surface area (Å²) in [6.45, 7) is 0.806. The molecule has 0 spiro atoms. The van der Waals surface area contributed by atoms with Gasteiger partial charge in [-0.1, -0.05) is 0 Å². The number of nitrogens with zero attached hydrogens (tertiary/aromatic N) is 1. The molecular weight excluding hydrogens is 334 g/mol. The zero-order valence-corrected chi connectivity index (χ0v) is 13.9. The first kappa shape index (κ1) is 16.6. The molecule has 0 atom stereocenters. The first-order valence-corrected chi connectivity index (χ1v) is 10.6. The van der Waals surface area contributed by atoms with Crippen LogP contribution in [0.2, 0.25) is 0 Å². The number of anilines is 1. The summed E-state index contributed by atoms with van der Waals surface area (Å²) in [4.78, 5) is -0.161. The molecule has 7 nitrogen and oxygen atoms in total. The molecule has 10 heteroatoms. The second-order valence-corrected chi connectivity index (χ2v) is 9.74. The average molecular weight is 351 g/mol. The molecule has 1 aliphatic rings. The van der Waals surface area contributed by atoms with Gasteiger partial charge in [0.05, 0.1) is 10.6 Å². The number of hydrazine groups is 1. The summed E-state index contributed by atoms with van der Waals surface area (Å²) in [6.07, 6.45) is 1.03. The van der Waals surface area contributed by atoms with Crippen molar-refractivity contribution in [1.82, 2.24) is 4.31 Å². The van der Waals surface area contributed by atoms with E-state index in [0.29, 0.717) is 13.1 Å². The maximum atomic E-state index is 12.7. The van der Waals surface area contributed by atoms with Gasteiger partial charge in [-0.05, 0) is 18.2 Å². The van der Waals surface area contributed by atoms with E-state index in [2.05, 4.69) is 5.43 Å². The Morgan fingerprint density at radius 1 is 1.19 bits per heavy atom. The third-order valence-corrected chi connectivity index (χ3v) is 7.12. The highest BCUT2D eigenvalue weighted by Gasteiger charge is 2.29. The number of hydrogen-bond donors (Lipinski definition) is 2. The van der Waals surface area contributed by atoms with Crippen molar-refractivity contribution in [3.05, 3.63) is 18.2 Å². The van der Waals surface area contributed by atoms with Crippen molar-refractivity contribution >= 4 is 37.3 Å². The number of nitrogen functional groups attached to an aromatic ring is 1. The first-order valence-electron chi connectivity index (χ1n) is 6.15. The molecule has 0 amide bonds. The lowest BCUT2D eigenvalue weighted by Gasteiger charge is -2.26. The molecule has 1 aromatic carbocycles. The summed E-state index contributed by atoms with van der Waals surface area (Å²) in [5.41, 5.74) is 2.49. The summed E-state index contributed by atoms with van der Waals surface area (Å²) in [5, 5.41) is 0. The van der Waals surface area contributed by atoms with Gasteiger partial charge in [0.2, 0.25) is 10.0 Å². The summed E-state index contributed by atoms with van der Waals surface area (Å²) in [7, 11) is -7.27. The summed E-state index contributed by atoms with van der Waals surface area (Å²) in [6, 6.07) is 3.85. The highest BCUT2D eigenvalue weighted by molar-refractivity contribution is 7.99. The Morgan fingerprint density at radius 3 is 2.33 bits per heavy atom. The van der Waals surface area contributed by atoms with Crippen LogP contribution < -0.4 is 11.3 Å². The molecular formula is C11H17N3O4S3. The Bertz CT molecular complexity index is 725. The van der Waals surface area contributed by atoms with Gasteiger partial charge in [0, 0.05) is 30.9 Å². The lowest BCUT2D eigenvalue weighted by atomic mass is 10.3. The Labute approximate surface area is 128 Å². The highest BCUT2D eigenvalue weighted by atomic mass is 32.2. The summed E-state index contributed by atoms with van der Waals surface area (Å²) < 4.78 is 49.9. The third-order valence-electron chi connectivity index (χ3n) is 3.12. The topological polar surface area (TPSA) is 110 Å². The van der Waals surface area contributed by atoms with E-state index in [1.807, 2.05) is 0 Å². The van der Waals surface area contributed by atoms with Crippen LogP contribution in [0.15, 0.2) is 28.0 Å². The monoisotopic (exact) mass is 351 g/mol. The van der Waals surface area contributed by atoms with E-state index in [1.165, 1.54) is 16.4 Å². The zero-order valence-electron chi connectivity index (χ0n) is 11.4. The van der Waals surface area contributed by atoms with Crippen molar-refractivity contribution in [2.24, 2.45) is 5.84 Å². The van der Waals surface area contributed by atoms with Crippen molar-refractivity contribution in [3.63, 3.8) is 0 Å². The fraction of sp³-hybridized carbons (Fsp3) is 0.455. The van der Waals surface area contributed by atoms with Crippen LogP contribution in [-0.2, 0) is 19.9 Å². The Hall–Kier alpha value is -0.810. The molecule has 1 aliphatic heterocycles. The Kier molecular flexibility index (Phi) is 4.83. The molecule has 1 fully saturated rings. The minimum absolute atomic E-state index is 0.0496. The molecule has 1 aromatic rings. The zero-order chi connectivity index (χ0) is 15.7. The quantitative estimate of drug-likeness (QED) is 0.585. The van der Waals surface area contributed by atoms with Gasteiger partial charge in [0.25, 0.3) is 0 Å². The summed E-state index contributed by atoms with van der Waals surface area (Å²) >= 11 is 1.69. The van der Waals surface area contributed by atoms with Gasteiger partial charge in [-0.25, -0.2) is 16.8 Å². The number of sulfone groups is 1. The van der Waals surface area contributed by atoms with Gasteiger partial charge in [-0.2, -0.15) is 16.1 Å². The second-order valence-electron chi connectivity index (χ2n) is 4.59. The molecule has 0 saturated carbocycles. The predicted octanol–water partition coefficient (Wildman–Crippen LogP) is 0.113. The number of benzene rings is 1. The van der Waals surface area contributed by atoms with Crippen LogP contribution in [-0.4, -0.2) is 52.0 Å². The van der Waals surface area contributed by atoms with Crippen molar-refractivity contribution in [2.75, 3.05) is 36.3 Å². The van der Waals surface area contributed by atoms with E-state index in [9.17, 15) is 16.8 Å². The van der Waals surface area contributed by atoms with Gasteiger partial charge >= 0.3 is 0 Å². The SMILES string of the molecule is CS(=O)(=O)c1ccc(NN)c(S(=O)(=O)N2CCSCC2)c1. The number of sulfonamides is 1. The fourth-order valence-electron chi connectivity index (χ4n) is 1.99. The number of hydrogen-bond acceptors (Lipinski definition) is 7. The molecule has 0 aliphatic carbocycles. The fourth-order valence-corrected chi connectivity index (χ4v) is 5.47. The van der Waals surface area contributed by atoms with Crippen LogP contribution in [0.1, 0.15) is 0 Å². The van der Waals surface area contributed by atoms with Gasteiger partial charge in [-0.15, -0.1) is 0 Å². The lowest BCUT2D eigenvalue weighted by Crippen LogP contribution is -2.38. The van der Waals surface area contributed by atoms with Gasteiger partial charge in [0.15, 0.2) is 9.84 Å². The number of nitrogens with two attached hydrogens (primary N) is 1. The minimum Gasteiger partial charge on any atom is -0.323 e. The van der Waals surface area contributed by atoms with E-state index in [0.717, 1.165) is 23.8 Å². The molecule has 1 heterocycles. The summed E-state index contributed by atoms with van der Waals surface area (Å²) in [5.74, 6) is 6.79. The highest BCUT2D eigenvalue weighted by Crippen LogP contribution is 2.28. The Morgan fingerprint density at radius 2 is 1.81 bits per heavy atom. The maximum absolute atomic E-state index is 12.7. The van der Waals surface area contributed by atoms with Crippen LogP contribution in [0, 0.1) is 0 Å². The molecule has 3 N–H and O–H groups in total. The first-order chi connectivity index (χ1) is 9.76. The second kappa shape index (κ2) is 6.13. The molecule has 0 radical (unpaired) electrons. The van der Waals surface area contributed by atoms with Gasteiger partial charge < -0.3 is 5.43 Å². The molecule has 118 valence electrons. The third kappa shape index (κ3) is 3.51. The predicted molar refractivity (Wildman–Crippen MR) is 83.4 cm³/mol. The molecule has 21 heavy (non-hydrogen) atoms. The van der Waals surface area contributed by atoms with Crippen LogP contribution in [0.4, 0.5) is 5.69 Å². The minimum atomic E-state index is -3.77. The standard InChI is InChI=1S/C11H17N3O4S3/c1-20(15,16)9-2-3-10(13-12)11(8-9)21(17,18)14-4-6-19-7-5-14/h2-3,8,13H,4-7,12H2,1H3. The normalized spacial score (nSPS) is 17.6. The number of rotatable bonds is 4. The molecule has 0 aromatic heterocycles. The van der Waals surface area contributed by atoms with Crippen LogP contribution in [0.3, 0.4) is 0 Å². The molecule has 1 saturated heterocycles. The molecule has 2 rings (SSSR count). The smallest absolute Gasteiger partial charge is 0.245 e. The van der Waals surface area contributed by atoms with Gasteiger partial charge in [0.1, 0.15) is 4.90 Å². The van der Waals surface area contributed by atoms with Crippen LogP contribution in [0.25, 0.3) is 0 Å². The van der Waals surface area contributed by atoms with Crippen molar-refractivity contribution in [2.45, 2.75) is 9.79 Å².